The van der Waals surface area contributed by atoms with Gasteiger partial charge in [0.05, 0.1) is 5.52 Å². The number of nitrogens with zero attached hydrogens (tertiary/aromatic N) is 2. The van der Waals surface area contributed by atoms with Crippen LogP contribution in [0.4, 0.5) is 5.82 Å². The maximum absolute atomic E-state index is 12.8. The van der Waals surface area contributed by atoms with Gasteiger partial charge in [-0.25, -0.2) is 9.55 Å². The molecule has 0 bridgehead atoms. The van der Waals surface area contributed by atoms with Gasteiger partial charge in [-0.1, -0.05) is 42.0 Å². The van der Waals surface area contributed by atoms with Crippen LogP contribution in [0.1, 0.15) is 28.8 Å². The minimum Gasteiger partial charge on any atom is -0.359 e. The highest BCUT2D eigenvalue weighted by Gasteiger charge is 2.31. The molecule has 6 nitrogen and oxygen atoms in total. The van der Waals surface area contributed by atoms with Gasteiger partial charge in [-0.05, 0) is 49.7 Å². The third-order valence-corrected chi connectivity index (χ3v) is 5.41. The Kier molecular flexibility index (Phi) is 5.40. The molecule has 2 heterocycles. The molecule has 3 aromatic rings. The number of rotatable bonds is 6. The van der Waals surface area contributed by atoms with E-state index >= 15 is 0 Å². The molecule has 0 radical (unpaired) electrons. The maximum atomic E-state index is 12.8. The van der Waals surface area contributed by atoms with Crippen LogP contribution in [0, 0.1) is 11.7 Å². The highest BCUT2D eigenvalue weighted by atomic mass is 32.1. The van der Waals surface area contributed by atoms with Crippen molar-refractivity contribution in [1.82, 2.24) is 14.9 Å². The quantitative estimate of drug-likeness (QED) is 0.611. The first-order valence-electron chi connectivity index (χ1n) is 9.68. The fourth-order valence-corrected chi connectivity index (χ4v) is 3.81. The summed E-state index contributed by atoms with van der Waals surface area (Å²) in [7, 11) is 0. The lowest BCUT2D eigenvalue weighted by Gasteiger charge is -2.09. The Morgan fingerprint density at radius 3 is 2.76 bits per heavy atom. The Bertz CT molecular complexity index is 1140. The van der Waals surface area contributed by atoms with Gasteiger partial charge in [-0.3, -0.25) is 9.59 Å². The molecule has 0 spiro atoms. The number of aryl methyl sites for hydroxylation is 1. The average molecular weight is 407 g/mol. The monoisotopic (exact) mass is 406 g/mol. The van der Waals surface area contributed by atoms with E-state index in [1.165, 1.54) is 15.7 Å². The number of fused-ring (bicyclic) bond motifs is 3. The summed E-state index contributed by atoms with van der Waals surface area (Å²) in [4.78, 5) is 29.3. The number of anilines is 1. The van der Waals surface area contributed by atoms with Gasteiger partial charge in [0, 0.05) is 18.4 Å². The van der Waals surface area contributed by atoms with E-state index in [9.17, 15) is 9.59 Å². The van der Waals surface area contributed by atoms with Crippen LogP contribution >= 0.6 is 12.2 Å². The van der Waals surface area contributed by atoms with Crippen molar-refractivity contribution in [3.05, 3.63) is 64.4 Å². The van der Waals surface area contributed by atoms with Crippen molar-refractivity contribution in [1.29, 1.82) is 0 Å². The van der Waals surface area contributed by atoms with E-state index in [0.717, 1.165) is 17.3 Å². The zero-order valence-corrected chi connectivity index (χ0v) is 17.0. The van der Waals surface area contributed by atoms with E-state index in [2.05, 4.69) is 39.9 Å². The lowest BCUT2D eigenvalue weighted by atomic mass is 10.1. The number of amides is 1. The van der Waals surface area contributed by atoms with E-state index in [1.54, 1.807) is 0 Å². The molecule has 1 aliphatic rings. The Labute approximate surface area is 174 Å². The lowest BCUT2D eigenvalue weighted by Crippen LogP contribution is -2.30. The fraction of sp³-hybridized carbons (Fsp3) is 0.273. The molecule has 0 saturated heterocycles. The minimum absolute atomic E-state index is 0.0609. The first-order valence-corrected chi connectivity index (χ1v) is 10.1. The molecule has 29 heavy (non-hydrogen) atoms. The third kappa shape index (κ3) is 4.05. The van der Waals surface area contributed by atoms with Crippen LogP contribution in [-0.2, 0) is 11.2 Å². The molecule has 2 N–H and O–H groups in total. The Balaban J connectivity index is 1.34. The first kappa shape index (κ1) is 19.3. The molecule has 4 rings (SSSR count). The number of aromatic nitrogens is 2. The summed E-state index contributed by atoms with van der Waals surface area (Å²) >= 11 is 5.30. The zero-order chi connectivity index (χ0) is 20.4. The van der Waals surface area contributed by atoms with Crippen LogP contribution in [0.25, 0.3) is 10.9 Å². The second kappa shape index (κ2) is 8.13. The molecule has 1 aliphatic heterocycles. The van der Waals surface area contributed by atoms with Gasteiger partial charge < -0.3 is 10.6 Å². The molecule has 0 saturated carbocycles. The largest absolute Gasteiger partial charge is 0.359 e. The molecule has 1 atom stereocenters. The maximum Gasteiger partial charge on any atom is 0.257 e. The third-order valence-electron chi connectivity index (χ3n) is 5.14. The summed E-state index contributed by atoms with van der Waals surface area (Å²) in [5, 5.41) is 7.01. The first-order chi connectivity index (χ1) is 14.0. The molecule has 148 valence electrons. The van der Waals surface area contributed by atoms with Crippen LogP contribution in [0.15, 0.2) is 48.5 Å². The highest BCUT2D eigenvalue weighted by molar-refractivity contribution is 7.71. The van der Waals surface area contributed by atoms with E-state index in [1.807, 2.05) is 31.2 Å². The normalized spacial score (nSPS) is 15.2. The summed E-state index contributed by atoms with van der Waals surface area (Å²) in [6, 6.07) is 15.4. The zero-order valence-electron chi connectivity index (χ0n) is 16.1. The number of para-hydroxylation sites is 1. The SMILES string of the molecule is Cc1ccc(CCNC(=O)CC[C@@H]2Nc3c4ccccc4nc(=S)n3C2=O)cc1. The lowest BCUT2D eigenvalue weighted by molar-refractivity contribution is -0.121. The van der Waals surface area contributed by atoms with Gasteiger partial charge in [-0.15, -0.1) is 0 Å². The van der Waals surface area contributed by atoms with E-state index in [0.29, 0.717) is 18.8 Å². The molecular formula is C22H22N4O2S. The molecule has 0 aliphatic carbocycles. The number of hydrogen-bond acceptors (Lipinski definition) is 5. The van der Waals surface area contributed by atoms with Crippen molar-refractivity contribution >= 4 is 40.8 Å². The van der Waals surface area contributed by atoms with Gasteiger partial charge in [0.25, 0.3) is 5.91 Å². The van der Waals surface area contributed by atoms with Gasteiger partial charge in [0.15, 0.2) is 0 Å². The van der Waals surface area contributed by atoms with Gasteiger partial charge >= 0.3 is 0 Å². The van der Waals surface area contributed by atoms with Gasteiger partial charge in [0.1, 0.15) is 11.9 Å². The average Bonchev–Trinajstić information content (AvgIpc) is 3.05. The minimum atomic E-state index is -0.479. The Hall–Kier alpha value is -3.06. The van der Waals surface area contributed by atoms with Crippen molar-refractivity contribution in [3.8, 4) is 0 Å². The van der Waals surface area contributed by atoms with E-state index in [-0.39, 0.29) is 23.0 Å². The van der Waals surface area contributed by atoms with Gasteiger partial charge in [-0.2, -0.15) is 0 Å². The van der Waals surface area contributed by atoms with Crippen molar-refractivity contribution < 1.29 is 9.59 Å². The number of nitrogens with one attached hydrogen (secondary N) is 2. The summed E-state index contributed by atoms with van der Waals surface area (Å²) in [5.74, 6) is 0.445. The Morgan fingerprint density at radius 1 is 1.21 bits per heavy atom. The van der Waals surface area contributed by atoms with Crippen molar-refractivity contribution in [3.63, 3.8) is 0 Å². The summed E-state index contributed by atoms with van der Waals surface area (Å²) < 4.78 is 1.68. The van der Waals surface area contributed by atoms with Crippen LogP contribution < -0.4 is 10.6 Å². The summed E-state index contributed by atoms with van der Waals surface area (Å²) in [6.45, 7) is 2.63. The second-order valence-corrected chi connectivity index (χ2v) is 7.62. The molecule has 7 heteroatoms. The van der Waals surface area contributed by atoms with Crippen molar-refractivity contribution in [2.24, 2.45) is 0 Å². The molecule has 2 aromatic carbocycles. The molecule has 0 unspecified atom stereocenters. The smallest absolute Gasteiger partial charge is 0.257 e. The van der Waals surface area contributed by atoms with Crippen LogP contribution in [0.2, 0.25) is 0 Å². The van der Waals surface area contributed by atoms with Crippen LogP contribution in [0.3, 0.4) is 0 Å². The van der Waals surface area contributed by atoms with Crippen molar-refractivity contribution in [2.45, 2.75) is 32.2 Å². The molecule has 1 aromatic heterocycles. The van der Waals surface area contributed by atoms with E-state index < -0.39 is 6.04 Å². The summed E-state index contributed by atoms with van der Waals surface area (Å²) in [5.41, 5.74) is 3.15. The predicted molar refractivity (Wildman–Crippen MR) is 116 cm³/mol. The van der Waals surface area contributed by atoms with Crippen molar-refractivity contribution in [2.75, 3.05) is 11.9 Å². The second-order valence-electron chi connectivity index (χ2n) is 7.25. The highest BCUT2D eigenvalue weighted by Crippen LogP contribution is 2.29. The number of benzene rings is 2. The summed E-state index contributed by atoms with van der Waals surface area (Å²) in [6.07, 6.45) is 1.45. The Morgan fingerprint density at radius 2 is 1.97 bits per heavy atom. The van der Waals surface area contributed by atoms with Crippen LogP contribution in [-0.4, -0.2) is 34.0 Å². The van der Waals surface area contributed by atoms with Gasteiger partial charge in [0.2, 0.25) is 10.7 Å². The molecular weight excluding hydrogens is 384 g/mol. The number of carbonyl (C=O) groups excluding carboxylic acids is 2. The standard InChI is InChI=1S/C22H22N4O2S/c1-14-6-8-15(9-7-14)12-13-23-19(27)11-10-18-21(28)26-20(24-18)16-4-2-3-5-17(16)25-22(26)29/h2-9,18,24H,10-13H2,1H3,(H,23,27)/t18-/m0/s1. The molecule has 0 fully saturated rings. The number of carbonyl (C=O) groups is 2. The number of hydrogen-bond donors (Lipinski definition) is 2. The van der Waals surface area contributed by atoms with E-state index in [4.69, 9.17) is 12.2 Å². The van der Waals surface area contributed by atoms with Crippen LogP contribution in [0.5, 0.6) is 0 Å². The fourth-order valence-electron chi connectivity index (χ4n) is 3.53. The topological polar surface area (TPSA) is 76.0 Å². The molecule has 1 amide bonds. The predicted octanol–water partition coefficient (Wildman–Crippen LogP) is 3.65.